The van der Waals surface area contributed by atoms with E-state index >= 15 is 0 Å². The van der Waals surface area contributed by atoms with Crippen molar-refractivity contribution in [1.29, 1.82) is 0 Å². The van der Waals surface area contributed by atoms with E-state index in [0.29, 0.717) is 25.7 Å². The van der Waals surface area contributed by atoms with E-state index in [-0.39, 0.29) is 11.8 Å². The molecule has 1 saturated heterocycles. The van der Waals surface area contributed by atoms with Gasteiger partial charge in [-0.2, -0.15) is 0 Å². The van der Waals surface area contributed by atoms with Crippen LogP contribution in [0.25, 0.3) is 0 Å². The van der Waals surface area contributed by atoms with Gasteiger partial charge >= 0.3 is 0 Å². The van der Waals surface area contributed by atoms with Crippen molar-refractivity contribution in [2.45, 2.75) is 45.6 Å². The Kier molecular flexibility index (Phi) is 6.72. The number of nitrogens with one attached hydrogen (secondary N) is 2. The van der Waals surface area contributed by atoms with Crippen LogP contribution in [0.15, 0.2) is 0 Å². The fourth-order valence-electron chi connectivity index (χ4n) is 2.41. The molecule has 2 N–H and O–H groups in total. The van der Waals surface area contributed by atoms with Crippen LogP contribution < -0.4 is 10.6 Å². The van der Waals surface area contributed by atoms with E-state index in [2.05, 4.69) is 22.5 Å². The Labute approximate surface area is 109 Å². The second-order valence-electron chi connectivity index (χ2n) is 4.86. The normalized spacial score (nSPS) is 20.4. The van der Waals surface area contributed by atoms with Gasteiger partial charge in [-0.1, -0.05) is 13.3 Å². The van der Waals surface area contributed by atoms with Gasteiger partial charge in [0.2, 0.25) is 11.8 Å². The summed E-state index contributed by atoms with van der Waals surface area (Å²) in [4.78, 5) is 24.7. The lowest BCUT2D eigenvalue weighted by Crippen LogP contribution is -2.46. The third-order valence-electron chi connectivity index (χ3n) is 3.39. The zero-order valence-electron chi connectivity index (χ0n) is 11.5. The summed E-state index contributed by atoms with van der Waals surface area (Å²) in [6.45, 7) is 6.16. The number of hydrogen-bond acceptors (Lipinski definition) is 3. The summed E-state index contributed by atoms with van der Waals surface area (Å²) in [5, 5.41) is 5.49. The van der Waals surface area contributed by atoms with E-state index in [1.165, 1.54) is 26.2 Å². The standard InChI is InChI=1S/C13H25N3O2/c1-3-12-6-4-5-9-16(12)10-13(18)15-8-7-14-11(2)17/h12H,3-10H2,1-2H3,(H,14,17)(H,15,18). The van der Waals surface area contributed by atoms with E-state index in [4.69, 9.17) is 0 Å². The second kappa shape index (κ2) is 8.08. The summed E-state index contributed by atoms with van der Waals surface area (Å²) >= 11 is 0. The molecule has 1 atom stereocenters. The van der Waals surface area contributed by atoms with Gasteiger partial charge in [-0.3, -0.25) is 14.5 Å². The van der Waals surface area contributed by atoms with Gasteiger partial charge in [-0.25, -0.2) is 0 Å². The van der Waals surface area contributed by atoms with Gasteiger partial charge in [0.15, 0.2) is 0 Å². The molecule has 2 amide bonds. The Bertz CT molecular complexity index is 281. The largest absolute Gasteiger partial charge is 0.355 e. The maximum absolute atomic E-state index is 11.8. The van der Waals surface area contributed by atoms with Crippen molar-refractivity contribution in [1.82, 2.24) is 15.5 Å². The van der Waals surface area contributed by atoms with Crippen LogP contribution in [0.3, 0.4) is 0 Å². The zero-order valence-corrected chi connectivity index (χ0v) is 11.5. The third kappa shape index (κ3) is 5.49. The van der Waals surface area contributed by atoms with Crippen LogP contribution >= 0.6 is 0 Å². The highest BCUT2D eigenvalue weighted by molar-refractivity contribution is 5.78. The van der Waals surface area contributed by atoms with E-state index in [1.807, 2.05) is 0 Å². The number of nitrogens with zero attached hydrogens (tertiary/aromatic N) is 1. The highest BCUT2D eigenvalue weighted by Gasteiger charge is 2.22. The fraction of sp³-hybridized carbons (Fsp3) is 0.846. The average Bonchev–Trinajstić information content (AvgIpc) is 2.35. The van der Waals surface area contributed by atoms with Crippen molar-refractivity contribution in [2.24, 2.45) is 0 Å². The SMILES string of the molecule is CCC1CCCCN1CC(=O)NCCNC(C)=O. The molecular formula is C13H25N3O2. The molecule has 0 radical (unpaired) electrons. The molecule has 1 unspecified atom stereocenters. The average molecular weight is 255 g/mol. The number of rotatable bonds is 6. The minimum Gasteiger partial charge on any atom is -0.355 e. The Balaban J connectivity index is 2.19. The lowest BCUT2D eigenvalue weighted by Gasteiger charge is -2.34. The molecule has 1 heterocycles. The molecule has 0 saturated carbocycles. The topological polar surface area (TPSA) is 61.4 Å². The summed E-state index contributed by atoms with van der Waals surface area (Å²) in [6, 6.07) is 0.555. The maximum Gasteiger partial charge on any atom is 0.234 e. The first kappa shape index (κ1) is 15.0. The predicted octanol–water partition coefficient (Wildman–Crippen LogP) is 0.503. The Morgan fingerprint density at radius 1 is 1.22 bits per heavy atom. The van der Waals surface area contributed by atoms with E-state index < -0.39 is 0 Å². The van der Waals surface area contributed by atoms with E-state index in [1.54, 1.807) is 0 Å². The van der Waals surface area contributed by atoms with Crippen LogP contribution in [0.2, 0.25) is 0 Å². The molecule has 1 rings (SSSR count). The van der Waals surface area contributed by atoms with Crippen molar-refractivity contribution in [3.05, 3.63) is 0 Å². The number of carbonyl (C=O) groups is 2. The van der Waals surface area contributed by atoms with Gasteiger partial charge in [0.1, 0.15) is 0 Å². The molecule has 5 nitrogen and oxygen atoms in total. The Hall–Kier alpha value is -1.10. The Morgan fingerprint density at radius 3 is 2.61 bits per heavy atom. The molecule has 1 aliphatic rings. The first-order valence-electron chi connectivity index (χ1n) is 6.88. The van der Waals surface area contributed by atoms with Crippen LogP contribution in [-0.4, -0.2) is 48.9 Å². The minimum absolute atomic E-state index is 0.0562. The zero-order chi connectivity index (χ0) is 13.4. The van der Waals surface area contributed by atoms with Crippen LogP contribution in [-0.2, 0) is 9.59 Å². The van der Waals surface area contributed by atoms with Crippen LogP contribution in [0.5, 0.6) is 0 Å². The van der Waals surface area contributed by atoms with Crippen molar-refractivity contribution in [3.63, 3.8) is 0 Å². The maximum atomic E-state index is 11.8. The molecular weight excluding hydrogens is 230 g/mol. The molecule has 0 spiro atoms. The molecule has 1 fully saturated rings. The monoisotopic (exact) mass is 255 g/mol. The van der Waals surface area contributed by atoms with Crippen molar-refractivity contribution >= 4 is 11.8 Å². The number of carbonyl (C=O) groups excluding carboxylic acids is 2. The summed E-state index contributed by atoms with van der Waals surface area (Å²) in [7, 11) is 0. The van der Waals surface area contributed by atoms with Crippen molar-refractivity contribution in [2.75, 3.05) is 26.2 Å². The van der Waals surface area contributed by atoms with E-state index in [0.717, 1.165) is 13.0 Å². The smallest absolute Gasteiger partial charge is 0.234 e. The van der Waals surface area contributed by atoms with Crippen molar-refractivity contribution < 1.29 is 9.59 Å². The lowest BCUT2D eigenvalue weighted by molar-refractivity contribution is -0.123. The molecule has 18 heavy (non-hydrogen) atoms. The van der Waals surface area contributed by atoms with Crippen LogP contribution in [0.1, 0.15) is 39.5 Å². The summed E-state index contributed by atoms with van der Waals surface area (Å²) in [5.74, 6) is -0.00738. The van der Waals surface area contributed by atoms with E-state index in [9.17, 15) is 9.59 Å². The van der Waals surface area contributed by atoms with Gasteiger partial charge < -0.3 is 10.6 Å². The first-order chi connectivity index (χ1) is 8.63. The number of amides is 2. The van der Waals surface area contributed by atoms with Gasteiger partial charge in [0.05, 0.1) is 6.54 Å². The van der Waals surface area contributed by atoms with Crippen LogP contribution in [0.4, 0.5) is 0 Å². The van der Waals surface area contributed by atoms with Gasteiger partial charge in [0, 0.05) is 26.1 Å². The molecule has 0 aromatic carbocycles. The molecule has 0 bridgehead atoms. The Morgan fingerprint density at radius 2 is 1.94 bits per heavy atom. The second-order valence-corrected chi connectivity index (χ2v) is 4.86. The van der Waals surface area contributed by atoms with Crippen LogP contribution in [0, 0.1) is 0 Å². The quantitative estimate of drug-likeness (QED) is 0.680. The fourth-order valence-corrected chi connectivity index (χ4v) is 2.41. The van der Waals surface area contributed by atoms with Crippen molar-refractivity contribution in [3.8, 4) is 0 Å². The number of likely N-dealkylation sites (tertiary alicyclic amines) is 1. The minimum atomic E-state index is -0.0636. The lowest BCUT2D eigenvalue weighted by atomic mass is 10.0. The molecule has 5 heteroatoms. The molecule has 1 aliphatic heterocycles. The highest BCUT2D eigenvalue weighted by atomic mass is 16.2. The predicted molar refractivity (Wildman–Crippen MR) is 71.2 cm³/mol. The summed E-state index contributed by atoms with van der Waals surface area (Å²) in [6.07, 6.45) is 4.78. The molecule has 0 aliphatic carbocycles. The summed E-state index contributed by atoms with van der Waals surface area (Å²) in [5.41, 5.74) is 0. The third-order valence-corrected chi connectivity index (χ3v) is 3.39. The molecule has 0 aromatic heterocycles. The summed E-state index contributed by atoms with van der Waals surface area (Å²) < 4.78 is 0. The highest BCUT2D eigenvalue weighted by Crippen LogP contribution is 2.18. The van der Waals surface area contributed by atoms with Gasteiger partial charge in [0.25, 0.3) is 0 Å². The van der Waals surface area contributed by atoms with Gasteiger partial charge in [-0.05, 0) is 25.8 Å². The molecule has 104 valence electrons. The number of hydrogen-bond donors (Lipinski definition) is 2. The first-order valence-corrected chi connectivity index (χ1v) is 6.88. The molecule has 0 aromatic rings. The number of piperidine rings is 1. The van der Waals surface area contributed by atoms with Gasteiger partial charge in [-0.15, -0.1) is 0 Å².